The molecule has 1 heterocycles. The summed E-state index contributed by atoms with van der Waals surface area (Å²) >= 11 is 0. The Labute approximate surface area is 113 Å². The lowest BCUT2D eigenvalue weighted by Crippen LogP contribution is -1.86. The Kier molecular flexibility index (Phi) is 3.12. The van der Waals surface area contributed by atoms with Crippen molar-refractivity contribution >= 4 is 11.0 Å². The van der Waals surface area contributed by atoms with Gasteiger partial charge in [0.2, 0.25) is 0 Å². The molecule has 0 amide bonds. The molecule has 1 atom stereocenters. The third-order valence-corrected chi connectivity index (χ3v) is 3.74. The first-order valence-corrected chi connectivity index (χ1v) is 6.87. The normalized spacial score (nSPS) is 12.7. The molecule has 3 rings (SSSR count). The molecule has 0 fully saturated rings. The first-order chi connectivity index (χ1) is 9.28. The van der Waals surface area contributed by atoms with Gasteiger partial charge in [0.15, 0.2) is 0 Å². The molecule has 0 aliphatic carbocycles. The van der Waals surface area contributed by atoms with Crippen LogP contribution < -0.4 is 0 Å². The lowest BCUT2D eigenvalue weighted by molar-refractivity contribution is 0.499. The highest BCUT2D eigenvalue weighted by Crippen LogP contribution is 2.30. The summed E-state index contributed by atoms with van der Waals surface area (Å²) < 4.78 is 5.98. The molecule has 0 aliphatic rings. The molecule has 2 aromatic carbocycles. The van der Waals surface area contributed by atoms with Gasteiger partial charge in [-0.05, 0) is 29.7 Å². The molecule has 0 N–H and O–H groups in total. The van der Waals surface area contributed by atoms with Crippen molar-refractivity contribution in [2.24, 2.45) is 0 Å². The van der Waals surface area contributed by atoms with Gasteiger partial charge in [-0.25, -0.2) is 0 Å². The van der Waals surface area contributed by atoms with E-state index in [1.807, 2.05) is 6.07 Å². The Morgan fingerprint density at radius 3 is 2.47 bits per heavy atom. The molecule has 0 aliphatic heterocycles. The minimum Gasteiger partial charge on any atom is -0.461 e. The van der Waals surface area contributed by atoms with Gasteiger partial charge in [-0.1, -0.05) is 56.3 Å². The third-order valence-electron chi connectivity index (χ3n) is 3.74. The second-order valence-corrected chi connectivity index (χ2v) is 5.08. The molecule has 1 heteroatoms. The quantitative estimate of drug-likeness (QED) is 0.588. The van der Waals surface area contributed by atoms with Crippen LogP contribution in [0.5, 0.6) is 0 Å². The minimum absolute atomic E-state index is 0.479. The highest BCUT2D eigenvalue weighted by atomic mass is 16.3. The summed E-state index contributed by atoms with van der Waals surface area (Å²) in [5.41, 5.74) is 3.42. The largest absolute Gasteiger partial charge is 0.461 e. The standard InChI is InChI=1S/C18H18O/c1-3-13(2)17-12-16-10-9-15(11-18(16)19-17)14-7-5-4-6-8-14/h4-13H,3H2,1-2H3. The SMILES string of the molecule is CCC(C)c1cc2ccc(-c3ccccc3)cc2o1. The highest BCUT2D eigenvalue weighted by molar-refractivity contribution is 5.83. The number of rotatable bonds is 3. The lowest BCUT2D eigenvalue weighted by atomic mass is 10.0. The van der Waals surface area contributed by atoms with Crippen LogP contribution in [0.2, 0.25) is 0 Å². The summed E-state index contributed by atoms with van der Waals surface area (Å²) in [6.45, 7) is 4.39. The number of fused-ring (bicyclic) bond motifs is 1. The molecule has 0 spiro atoms. The number of hydrogen-bond donors (Lipinski definition) is 0. The van der Waals surface area contributed by atoms with Crippen molar-refractivity contribution < 1.29 is 4.42 Å². The van der Waals surface area contributed by atoms with Crippen LogP contribution in [0.15, 0.2) is 59.0 Å². The van der Waals surface area contributed by atoms with E-state index in [4.69, 9.17) is 4.42 Å². The molecular formula is C18H18O. The smallest absolute Gasteiger partial charge is 0.134 e. The molecule has 1 nitrogen and oxygen atoms in total. The molecule has 0 radical (unpaired) electrons. The van der Waals surface area contributed by atoms with Crippen molar-refractivity contribution in [3.8, 4) is 11.1 Å². The van der Waals surface area contributed by atoms with E-state index in [2.05, 4.69) is 62.4 Å². The van der Waals surface area contributed by atoms with E-state index in [-0.39, 0.29) is 0 Å². The van der Waals surface area contributed by atoms with Crippen LogP contribution in [0.3, 0.4) is 0 Å². The average molecular weight is 250 g/mol. The Morgan fingerprint density at radius 1 is 0.947 bits per heavy atom. The van der Waals surface area contributed by atoms with Crippen molar-refractivity contribution in [1.82, 2.24) is 0 Å². The zero-order valence-corrected chi connectivity index (χ0v) is 11.4. The molecule has 0 saturated carbocycles. The zero-order valence-electron chi connectivity index (χ0n) is 11.4. The summed E-state index contributed by atoms with van der Waals surface area (Å²) in [7, 11) is 0. The molecule has 3 aromatic rings. The summed E-state index contributed by atoms with van der Waals surface area (Å²) in [6, 6.07) is 19.0. The summed E-state index contributed by atoms with van der Waals surface area (Å²) in [5.74, 6) is 1.57. The Morgan fingerprint density at radius 2 is 1.74 bits per heavy atom. The molecule has 0 saturated heterocycles. The van der Waals surface area contributed by atoms with Gasteiger partial charge in [0.1, 0.15) is 11.3 Å². The Bertz CT molecular complexity index is 679. The van der Waals surface area contributed by atoms with E-state index in [1.165, 1.54) is 16.5 Å². The van der Waals surface area contributed by atoms with Crippen LogP contribution in [0.4, 0.5) is 0 Å². The second kappa shape index (κ2) is 4.93. The maximum atomic E-state index is 5.98. The summed E-state index contributed by atoms with van der Waals surface area (Å²) in [4.78, 5) is 0. The van der Waals surface area contributed by atoms with Crippen LogP contribution in [-0.4, -0.2) is 0 Å². The maximum absolute atomic E-state index is 5.98. The Hall–Kier alpha value is -2.02. The molecule has 96 valence electrons. The van der Waals surface area contributed by atoms with E-state index in [0.29, 0.717) is 5.92 Å². The van der Waals surface area contributed by atoms with Crippen molar-refractivity contribution in [2.45, 2.75) is 26.2 Å². The summed E-state index contributed by atoms with van der Waals surface area (Å²) in [5, 5.41) is 1.19. The van der Waals surface area contributed by atoms with Crippen LogP contribution in [0.25, 0.3) is 22.1 Å². The van der Waals surface area contributed by atoms with Crippen molar-refractivity contribution in [3.63, 3.8) is 0 Å². The predicted molar refractivity (Wildman–Crippen MR) is 80.4 cm³/mol. The predicted octanol–water partition coefficient (Wildman–Crippen LogP) is 5.61. The van der Waals surface area contributed by atoms with Crippen LogP contribution in [-0.2, 0) is 0 Å². The number of furan rings is 1. The maximum Gasteiger partial charge on any atom is 0.134 e. The summed E-state index contributed by atoms with van der Waals surface area (Å²) in [6.07, 6.45) is 1.10. The van der Waals surface area contributed by atoms with Crippen molar-refractivity contribution in [2.75, 3.05) is 0 Å². The van der Waals surface area contributed by atoms with Crippen LogP contribution in [0.1, 0.15) is 31.9 Å². The molecule has 1 aromatic heterocycles. The van der Waals surface area contributed by atoms with Crippen LogP contribution in [0, 0.1) is 0 Å². The van der Waals surface area contributed by atoms with Gasteiger partial charge in [-0.3, -0.25) is 0 Å². The van der Waals surface area contributed by atoms with Gasteiger partial charge >= 0.3 is 0 Å². The first-order valence-electron chi connectivity index (χ1n) is 6.87. The lowest BCUT2D eigenvalue weighted by Gasteiger charge is -2.02. The molecule has 1 unspecified atom stereocenters. The van der Waals surface area contributed by atoms with Crippen LogP contribution >= 0.6 is 0 Å². The van der Waals surface area contributed by atoms with Gasteiger partial charge in [-0.15, -0.1) is 0 Å². The Balaban J connectivity index is 2.06. The van der Waals surface area contributed by atoms with Gasteiger partial charge in [0.05, 0.1) is 0 Å². The van der Waals surface area contributed by atoms with Gasteiger partial charge < -0.3 is 4.42 Å². The van der Waals surface area contributed by atoms with Crippen molar-refractivity contribution in [1.29, 1.82) is 0 Å². The highest BCUT2D eigenvalue weighted by Gasteiger charge is 2.10. The first kappa shape index (κ1) is 12.0. The monoisotopic (exact) mass is 250 g/mol. The van der Waals surface area contributed by atoms with E-state index in [1.54, 1.807) is 0 Å². The topological polar surface area (TPSA) is 13.1 Å². The third kappa shape index (κ3) is 2.28. The molecule has 0 bridgehead atoms. The molecular weight excluding hydrogens is 232 g/mol. The minimum atomic E-state index is 0.479. The van der Waals surface area contributed by atoms with Gasteiger partial charge in [0, 0.05) is 11.3 Å². The van der Waals surface area contributed by atoms with E-state index in [0.717, 1.165) is 17.8 Å². The fourth-order valence-electron chi connectivity index (χ4n) is 2.31. The van der Waals surface area contributed by atoms with E-state index >= 15 is 0 Å². The fourth-order valence-corrected chi connectivity index (χ4v) is 2.31. The second-order valence-electron chi connectivity index (χ2n) is 5.08. The van der Waals surface area contributed by atoms with Crippen molar-refractivity contribution in [3.05, 3.63) is 60.4 Å². The van der Waals surface area contributed by atoms with Gasteiger partial charge in [0.25, 0.3) is 0 Å². The number of hydrogen-bond acceptors (Lipinski definition) is 1. The van der Waals surface area contributed by atoms with Gasteiger partial charge in [-0.2, -0.15) is 0 Å². The zero-order chi connectivity index (χ0) is 13.2. The number of benzene rings is 2. The average Bonchev–Trinajstić information content (AvgIpc) is 2.90. The van der Waals surface area contributed by atoms with E-state index in [9.17, 15) is 0 Å². The van der Waals surface area contributed by atoms with E-state index < -0.39 is 0 Å². The fraction of sp³-hybridized carbons (Fsp3) is 0.222. The molecule has 19 heavy (non-hydrogen) atoms.